The second kappa shape index (κ2) is 9.14. The smallest absolute Gasteiger partial charge is 0.408 e. The Morgan fingerprint density at radius 1 is 1.12 bits per heavy atom. The number of carbonyl (C=O) groups excluding carboxylic acids is 2. The number of methoxy groups -OCH3 is 1. The summed E-state index contributed by atoms with van der Waals surface area (Å²) in [5, 5.41) is 2.56. The fraction of sp³-hybridized carbons (Fsp3) is 0.200. The molecule has 0 saturated heterocycles. The molecule has 5 heteroatoms. The molecule has 0 aliphatic rings. The van der Waals surface area contributed by atoms with Crippen LogP contribution in [0.5, 0.6) is 0 Å². The first-order valence-electron chi connectivity index (χ1n) is 7.72. The first-order valence-corrected chi connectivity index (χ1v) is 7.72. The monoisotopic (exact) mass is 337 g/mol. The van der Waals surface area contributed by atoms with Gasteiger partial charge >= 0.3 is 12.1 Å². The highest BCUT2D eigenvalue weighted by atomic mass is 16.5. The first kappa shape index (κ1) is 18.1. The number of esters is 1. The number of amides is 1. The number of rotatable bonds is 4. The van der Waals surface area contributed by atoms with E-state index < -0.39 is 12.1 Å². The standard InChI is InChI=1S/C20H19NO4/c1-15-10-11-18(19(22)24-2)13-17(15)9-6-12-21-20(23)25-14-16-7-4-3-5-8-16/h3-5,7-8,10-11,13H,12,14H2,1-2H3,(H,21,23). The van der Waals surface area contributed by atoms with Crippen LogP contribution in [-0.4, -0.2) is 25.7 Å². The van der Waals surface area contributed by atoms with Gasteiger partial charge in [-0.25, -0.2) is 9.59 Å². The molecule has 0 aliphatic heterocycles. The summed E-state index contributed by atoms with van der Waals surface area (Å²) < 4.78 is 9.78. The van der Waals surface area contributed by atoms with Crippen molar-refractivity contribution < 1.29 is 19.1 Å². The SMILES string of the molecule is COC(=O)c1ccc(C)c(C#CCNC(=O)OCc2ccccc2)c1. The van der Waals surface area contributed by atoms with Crippen molar-refractivity contribution >= 4 is 12.1 Å². The van der Waals surface area contributed by atoms with Crippen LogP contribution < -0.4 is 5.32 Å². The molecule has 0 saturated carbocycles. The molecule has 2 rings (SSSR count). The van der Waals surface area contributed by atoms with Crippen LogP contribution >= 0.6 is 0 Å². The number of hydrogen-bond donors (Lipinski definition) is 1. The van der Waals surface area contributed by atoms with Crippen molar-refractivity contribution in [2.24, 2.45) is 0 Å². The summed E-state index contributed by atoms with van der Waals surface area (Å²) in [7, 11) is 1.33. The summed E-state index contributed by atoms with van der Waals surface area (Å²) in [4.78, 5) is 23.2. The van der Waals surface area contributed by atoms with Crippen molar-refractivity contribution in [2.75, 3.05) is 13.7 Å². The molecule has 0 unspecified atom stereocenters. The first-order chi connectivity index (χ1) is 12.1. The highest BCUT2D eigenvalue weighted by Gasteiger charge is 2.06. The number of carbonyl (C=O) groups is 2. The third kappa shape index (κ3) is 5.70. The molecule has 0 atom stereocenters. The van der Waals surface area contributed by atoms with Crippen molar-refractivity contribution in [3.8, 4) is 11.8 Å². The molecule has 1 N–H and O–H groups in total. The van der Waals surface area contributed by atoms with Crippen molar-refractivity contribution in [2.45, 2.75) is 13.5 Å². The van der Waals surface area contributed by atoms with Gasteiger partial charge in [-0.05, 0) is 30.2 Å². The van der Waals surface area contributed by atoms with Gasteiger partial charge in [-0.3, -0.25) is 0 Å². The molecule has 128 valence electrons. The Kier molecular flexibility index (Phi) is 6.61. The molecule has 0 radical (unpaired) electrons. The molecular weight excluding hydrogens is 318 g/mol. The quantitative estimate of drug-likeness (QED) is 0.688. The molecule has 0 fully saturated rings. The van der Waals surface area contributed by atoms with E-state index in [9.17, 15) is 9.59 Å². The third-order valence-corrected chi connectivity index (χ3v) is 3.42. The number of nitrogens with one attached hydrogen (secondary N) is 1. The predicted molar refractivity (Wildman–Crippen MR) is 94.0 cm³/mol. The summed E-state index contributed by atoms with van der Waals surface area (Å²) in [5.74, 6) is 5.36. The van der Waals surface area contributed by atoms with Crippen LogP contribution in [0.4, 0.5) is 4.79 Å². The lowest BCUT2D eigenvalue weighted by Crippen LogP contribution is -2.24. The van der Waals surface area contributed by atoms with Gasteiger partial charge in [0.2, 0.25) is 0 Å². The van der Waals surface area contributed by atoms with Crippen molar-refractivity contribution in [3.05, 3.63) is 70.8 Å². The molecule has 0 spiro atoms. The van der Waals surface area contributed by atoms with Gasteiger partial charge in [-0.15, -0.1) is 0 Å². The zero-order chi connectivity index (χ0) is 18.1. The van der Waals surface area contributed by atoms with E-state index in [0.717, 1.165) is 11.1 Å². The molecule has 2 aromatic rings. The van der Waals surface area contributed by atoms with Crippen LogP contribution in [0.15, 0.2) is 48.5 Å². The largest absolute Gasteiger partial charge is 0.465 e. The van der Waals surface area contributed by atoms with E-state index in [1.54, 1.807) is 18.2 Å². The van der Waals surface area contributed by atoms with Gasteiger partial charge in [0, 0.05) is 5.56 Å². The van der Waals surface area contributed by atoms with E-state index in [4.69, 9.17) is 9.47 Å². The number of alkyl carbamates (subject to hydrolysis) is 1. The van der Waals surface area contributed by atoms with E-state index in [2.05, 4.69) is 17.2 Å². The molecule has 0 aromatic heterocycles. The lowest BCUT2D eigenvalue weighted by molar-refractivity contribution is 0.0600. The van der Waals surface area contributed by atoms with Crippen molar-refractivity contribution in [1.29, 1.82) is 0 Å². The van der Waals surface area contributed by atoms with Crippen LogP contribution in [0.1, 0.15) is 27.0 Å². The Morgan fingerprint density at radius 2 is 1.88 bits per heavy atom. The summed E-state index contributed by atoms with van der Waals surface area (Å²) in [6, 6.07) is 14.6. The Morgan fingerprint density at radius 3 is 2.60 bits per heavy atom. The normalized spacial score (nSPS) is 9.52. The van der Waals surface area contributed by atoms with Crippen LogP contribution in [0, 0.1) is 18.8 Å². The van der Waals surface area contributed by atoms with Crippen molar-refractivity contribution in [3.63, 3.8) is 0 Å². The summed E-state index contributed by atoms with van der Waals surface area (Å²) in [6.45, 7) is 2.25. The van der Waals surface area contributed by atoms with Crippen LogP contribution in [0.3, 0.4) is 0 Å². The molecule has 0 aliphatic carbocycles. The Hall–Kier alpha value is -3.26. The van der Waals surface area contributed by atoms with E-state index >= 15 is 0 Å². The van der Waals surface area contributed by atoms with Gasteiger partial charge in [-0.2, -0.15) is 0 Å². The number of benzene rings is 2. The fourth-order valence-corrected chi connectivity index (χ4v) is 2.03. The average Bonchev–Trinajstić information content (AvgIpc) is 2.65. The highest BCUT2D eigenvalue weighted by Crippen LogP contribution is 2.11. The van der Waals surface area contributed by atoms with E-state index in [1.807, 2.05) is 37.3 Å². The third-order valence-electron chi connectivity index (χ3n) is 3.42. The van der Waals surface area contributed by atoms with Gasteiger partial charge < -0.3 is 14.8 Å². The number of hydrogen-bond acceptors (Lipinski definition) is 4. The maximum atomic E-state index is 11.6. The Balaban J connectivity index is 1.86. The fourth-order valence-electron chi connectivity index (χ4n) is 2.03. The lowest BCUT2D eigenvalue weighted by Gasteiger charge is -2.04. The van der Waals surface area contributed by atoms with Crippen LogP contribution in [0.25, 0.3) is 0 Å². The maximum absolute atomic E-state index is 11.6. The summed E-state index contributed by atoms with van der Waals surface area (Å²) in [5.41, 5.74) is 3.00. The van der Waals surface area contributed by atoms with Gasteiger partial charge in [0.15, 0.2) is 0 Å². The molecule has 1 amide bonds. The molecule has 0 bridgehead atoms. The summed E-state index contributed by atoms with van der Waals surface area (Å²) in [6.07, 6.45) is -0.529. The number of aryl methyl sites for hydroxylation is 1. The maximum Gasteiger partial charge on any atom is 0.408 e. The average molecular weight is 337 g/mol. The minimum atomic E-state index is -0.529. The summed E-state index contributed by atoms with van der Waals surface area (Å²) >= 11 is 0. The van der Waals surface area contributed by atoms with Gasteiger partial charge in [0.25, 0.3) is 0 Å². The van der Waals surface area contributed by atoms with Gasteiger partial charge in [0.05, 0.1) is 19.2 Å². The topological polar surface area (TPSA) is 64.6 Å². The molecule has 25 heavy (non-hydrogen) atoms. The Labute approximate surface area is 147 Å². The zero-order valence-corrected chi connectivity index (χ0v) is 14.2. The lowest BCUT2D eigenvalue weighted by atomic mass is 10.1. The second-order valence-corrected chi connectivity index (χ2v) is 5.24. The molecule has 0 heterocycles. The van der Waals surface area contributed by atoms with Crippen LogP contribution in [0.2, 0.25) is 0 Å². The Bertz CT molecular complexity index is 803. The van der Waals surface area contributed by atoms with E-state index in [-0.39, 0.29) is 13.2 Å². The van der Waals surface area contributed by atoms with E-state index in [1.165, 1.54) is 7.11 Å². The van der Waals surface area contributed by atoms with Crippen molar-refractivity contribution in [1.82, 2.24) is 5.32 Å². The minimum Gasteiger partial charge on any atom is -0.465 e. The van der Waals surface area contributed by atoms with Gasteiger partial charge in [0.1, 0.15) is 6.61 Å². The van der Waals surface area contributed by atoms with Gasteiger partial charge in [-0.1, -0.05) is 48.2 Å². The highest BCUT2D eigenvalue weighted by molar-refractivity contribution is 5.89. The zero-order valence-electron chi connectivity index (χ0n) is 14.2. The predicted octanol–water partition coefficient (Wildman–Crippen LogP) is 3.06. The molecule has 2 aromatic carbocycles. The number of ether oxygens (including phenoxy) is 2. The second-order valence-electron chi connectivity index (χ2n) is 5.24. The van der Waals surface area contributed by atoms with Crippen LogP contribution in [-0.2, 0) is 16.1 Å². The molecule has 5 nitrogen and oxygen atoms in total. The van der Waals surface area contributed by atoms with E-state index in [0.29, 0.717) is 11.1 Å². The molecular formula is C20H19NO4. The minimum absolute atomic E-state index is 0.148.